The summed E-state index contributed by atoms with van der Waals surface area (Å²) in [5, 5.41) is 0. The van der Waals surface area contributed by atoms with Crippen LogP contribution in [0.2, 0.25) is 0 Å². The summed E-state index contributed by atoms with van der Waals surface area (Å²) in [5.74, 6) is 0. The molecule has 8 aromatic carbocycles. The van der Waals surface area contributed by atoms with Gasteiger partial charge >= 0.3 is 0 Å². The Morgan fingerprint density at radius 1 is 0.339 bits per heavy atom. The minimum atomic E-state index is 1.07. The van der Waals surface area contributed by atoms with Crippen LogP contribution in [0.4, 0.5) is 28.4 Å². The Bertz CT molecular complexity index is 2480. The molecule has 0 saturated heterocycles. The van der Waals surface area contributed by atoms with Gasteiger partial charge in [0, 0.05) is 34.6 Å². The lowest BCUT2D eigenvalue weighted by Crippen LogP contribution is -2.09. The van der Waals surface area contributed by atoms with E-state index in [1.165, 1.54) is 33.4 Å². The van der Waals surface area contributed by atoms with E-state index in [1.807, 2.05) is 18.2 Å². The number of allylic oxidation sites excluding steroid dienone is 4. The van der Waals surface area contributed by atoms with Crippen LogP contribution in [-0.2, 0) is 0 Å². The third kappa shape index (κ3) is 8.21. The molecule has 268 valence electrons. The molecule has 0 amide bonds. The van der Waals surface area contributed by atoms with Crippen LogP contribution in [0.3, 0.4) is 0 Å². The first-order valence-corrected chi connectivity index (χ1v) is 19.0. The maximum atomic E-state index is 4.06. The van der Waals surface area contributed by atoms with E-state index in [2.05, 4.69) is 241 Å². The van der Waals surface area contributed by atoms with Crippen molar-refractivity contribution in [2.24, 2.45) is 0 Å². The predicted octanol–water partition coefficient (Wildman–Crippen LogP) is 15.1. The van der Waals surface area contributed by atoms with E-state index in [0.29, 0.717) is 0 Å². The van der Waals surface area contributed by atoms with Gasteiger partial charge in [0.1, 0.15) is 0 Å². The van der Waals surface area contributed by atoms with Crippen LogP contribution < -0.4 is 9.80 Å². The third-order valence-electron chi connectivity index (χ3n) is 9.94. The van der Waals surface area contributed by atoms with E-state index in [1.54, 1.807) is 0 Å². The molecule has 56 heavy (non-hydrogen) atoms. The van der Waals surface area contributed by atoms with Crippen LogP contribution in [0, 0.1) is 0 Å². The summed E-state index contributed by atoms with van der Waals surface area (Å²) in [4.78, 5) is 4.51. The van der Waals surface area contributed by atoms with E-state index in [9.17, 15) is 0 Å². The molecule has 8 aromatic rings. The van der Waals surface area contributed by atoms with Crippen molar-refractivity contribution in [2.45, 2.75) is 0 Å². The van der Waals surface area contributed by atoms with Crippen molar-refractivity contribution >= 4 is 34.0 Å². The average molecular weight is 719 g/mol. The summed E-state index contributed by atoms with van der Waals surface area (Å²) >= 11 is 0. The zero-order valence-electron chi connectivity index (χ0n) is 31.2. The highest BCUT2D eigenvalue weighted by atomic mass is 15.1. The van der Waals surface area contributed by atoms with Crippen molar-refractivity contribution in [2.75, 3.05) is 9.80 Å². The number of nitrogens with zero attached hydrogens (tertiary/aromatic N) is 2. The van der Waals surface area contributed by atoms with Crippen LogP contribution in [0.5, 0.6) is 0 Å². The maximum absolute atomic E-state index is 4.06. The molecular formula is C54H42N2. The summed E-state index contributed by atoms with van der Waals surface area (Å²) in [6.45, 7) is 4.06. The first kappa shape index (κ1) is 35.6. The molecule has 0 fully saturated rings. The maximum Gasteiger partial charge on any atom is 0.0462 e. The largest absolute Gasteiger partial charge is 0.317 e. The summed E-state index contributed by atoms with van der Waals surface area (Å²) in [6, 6.07) is 77.1. The summed E-state index contributed by atoms with van der Waals surface area (Å²) in [7, 11) is 0. The molecule has 0 N–H and O–H groups in total. The average Bonchev–Trinajstić information content (AvgIpc) is 3.28. The Kier molecular flexibility index (Phi) is 10.9. The van der Waals surface area contributed by atoms with Crippen molar-refractivity contribution in [3.05, 3.63) is 255 Å². The van der Waals surface area contributed by atoms with Crippen molar-refractivity contribution in [3.8, 4) is 33.4 Å². The predicted molar refractivity (Wildman–Crippen MR) is 240 cm³/mol. The molecule has 0 aliphatic heterocycles. The first-order chi connectivity index (χ1) is 27.7. The number of hydrogen-bond acceptors (Lipinski definition) is 2. The zero-order valence-corrected chi connectivity index (χ0v) is 31.2. The molecule has 0 unspecified atom stereocenters. The van der Waals surface area contributed by atoms with Gasteiger partial charge in [0.15, 0.2) is 0 Å². The fourth-order valence-corrected chi connectivity index (χ4v) is 6.99. The second-order valence-corrected chi connectivity index (χ2v) is 13.5. The Labute approximate surface area is 330 Å². The molecule has 0 aliphatic rings. The van der Waals surface area contributed by atoms with Gasteiger partial charge in [0.05, 0.1) is 0 Å². The SMILES string of the molecule is C=C/C(=C\C=C\N(c1ccc(-c2ccccc2)cc1)c1ccc(-c2ccc(-c3ccc(N(c4ccccc4)c4ccccc4)cc3)cc2)cc1)c1ccccc1. The lowest BCUT2D eigenvalue weighted by Gasteiger charge is -2.25. The molecule has 0 heterocycles. The Hall–Kier alpha value is -7.42. The smallest absolute Gasteiger partial charge is 0.0462 e. The van der Waals surface area contributed by atoms with Crippen LogP contribution in [0.1, 0.15) is 5.56 Å². The Morgan fingerprint density at radius 3 is 1.07 bits per heavy atom. The summed E-state index contributed by atoms with van der Waals surface area (Å²) in [5.41, 5.74) is 14.8. The fourth-order valence-electron chi connectivity index (χ4n) is 6.99. The topological polar surface area (TPSA) is 6.48 Å². The van der Waals surface area contributed by atoms with Gasteiger partial charge in [-0.15, -0.1) is 0 Å². The van der Waals surface area contributed by atoms with E-state index >= 15 is 0 Å². The standard InChI is InChI=1S/C54H42N2/c1-2-42(43-16-7-3-8-17-43)20-15-41-55(50-35-29-47(30-36-50)44-18-9-4-10-19-44)51-37-31-48(32-38-51)45-25-27-46(28-26-45)49-33-39-54(40-34-49)56(52-21-11-5-12-22-52)53-23-13-6-14-24-53/h2-41H,1H2/b41-15+,42-20+. The highest BCUT2D eigenvalue weighted by Crippen LogP contribution is 2.36. The van der Waals surface area contributed by atoms with Crippen LogP contribution in [0.15, 0.2) is 249 Å². The van der Waals surface area contributed by atoms with E-state index in [0.717, 1.165) is 39.6 Å². The molecule has 0 spiro atoms. The van der Waals surface area contributed by atoms with Gasteiger partial charge in [0.2, 0.25) is 0 Å². The lowest BCUT2D eigenvalue weighted by molar-refractivity contribution is 1.28. The van der Waals surface area contributed by atoms with Gasteiger partial charge in [-0.25, -0.2) is 0 Å². The second-order valence-electron chi connectivity index (χ2n) is 13.5. The number of para-hydroxylation sites is 2. The van der Waals surface area contributed by atoms with Gasteiger partial charge in [-0.2, -0.15) is 0 Å². The van der Waals surface area contributed by atoms with Crippen molar-refractivity contribution in [3.63, 3.8) is 0 Å². The third-order valence-corrected chi connectivity index (χ3v) is 9.94. The Morgan fingerprint density at radius 2 is 0.661 bits per heavy atom. The zero-order chi connectivity index (χ0) is 37.9. The number of benzene rings is 8. The summed E-state index contributed by atoms with van der Waals surface area (Å²) in [6.07, 6.45) is 8.23. The minimum Gasteiger partial charge on any atom is -0.317 e. The van der Waals surface area contributed by atoms with Crippen molar-refractivity contribution < 1.29 is 0 Å². The second kappa shape index (κ2) is 17.2. The monoisotopic (exact) mass is 718 g/mol. The van der Waals surface area contributed by atoms with Crippen molar-refractivity contribution in [1.29, 1.82) is 0 Å². The van der Waals surface area contributed by atoms with E-state index in [-0.39, 0.29) is 0 Å². The Balaban J connectivity index is 1.03. The molecule has 0 radical (unpaired) electrons. The molecule has 0 atom stereocenters. The van der Waals surface area contributed by atoms with Crippen LogP contribution in [0.25, 0.3) is 39.0 Å². The van der Waals surface area contributed by atoms with Gasteiger partial charge in [0.25, 0.3) is 0 Å². The highest BCUT2D eigenvalue weighted by Gasteiger charge is 2.13. The molecule has 8 rings (SSSR count). The van der Waals surface area contributed by atoms with E-state index in [4.69, 9.17) is 0 Å². The van der Waals surface area contributed by atoms with Gasteiger partial charge < -0.3 is 9.80 Å². The number of anilines is 5. The van der Waals surface area contributed by atoms with Gasteiger partial charge in [-0.1, -0.05) is 176 Å². The molecule has 0 aromatic heterocycles. The number of rotatable bonds is 12. The normalized spacial score (nSPS) is 11.3. The number of hydrogen-bond donors (Lipinski definition) is 0. The first-order valence-electron chi connectivity index (χ1n) is 19.0. The molecular weight excluding hydrogens is 677 g/mol. The van der Waals surface area contributed by atoms with Gasteiger partial charge in [-0.05, 0) is 111 Å². The fraction of sp³-hybridized carbons (Fsp3) is 0. The summed E-state index contributed by atoms with van der Waals surface area (Å²) < 4.78 is 0. The van der Waals surface area contributed by atoms with Crippen LogP contribution in [-0.4, -0.2) is 0 Å². The van der Waals surface area contributed by atoms with E-state index < -0.39 is 0 Å². The van der Waals surface area contributed by atoms with Crippen LogP contribution >= 0.6 is 0 Å². The lowest BCUT2D eigenvalue weighted by atomic mass is 9.99. The highest BCUT2D eigenvalue weighted by molar-refractivity contribution is 5.80. The van der Waals surface area contributed by atoms with Gasteiger partial charge in [-0.3, -0.25) is 0 Å². The minimum absolute atomic E-state index is 1.07. The quantitative estimate of drug-likeness (QED) is 0.116. The van der Waals surface area contributed by atoms with Crippen molar-refractivity contribution in [1.82, 2.24) is 0 Å². The molecule has 0 saturated carbocycles. The molecule has 0 bridgehead atoms. The molecule has 2 nitrogen and oxygen atoms in total. The molecule has 0 aliphatic carbocycles. The molecule has 2 heteroatoms.